The summed E-state index contributed by atoms with van der Waals surface area (Å²) in [5.41, 5.74) is 15.3. The second-order valence-electron chi connectivity index (χ2n) is 13.9. The lowest BCUT2D eigenvalue weighted by molar-refractivity contribution is -0.140. The molecule has 2 saturated heterocycles. The summed E-state index contributed by atoms with van der Waals surface area (Å²) >= 11 is 0. The molecule has 8 nitrogen and oxygen atoms in total. The van der Waals surface area contributed by atoms with Crippen molar-refractivity contribution in [2.24, 2.45) is 26.8 Å². The molecule has 7 rings (SSSR count). The van der Waals surface area contributed by atoms with E-state index in [1.165, 1.54) is 61.8 Å². The van der Waals surface area contributed by atoms with Gasteiger partial charge in [-0.15, -0.1) is 0 Å². The molecule has 6 heterocycles. The van der Waals surface area contributed by atoms with Gasteiger partial charge in [-0.2, -0.15) is 0 Å². The number of piperidine rings is 1. The molecular weight excluding hydrogens is 586 g/mol. The summed E-state index contributed by atoms with van der Waals surface area (Å²) in [6, 6.07) is 0. The number of esters is 1. The van der Waals surface area contributed by atoms with Gasteiger partial charge in [-0.1, -0.05) is 20.3 Å². The lowest BCUT2D eigenvalue weighted by atomic mass is 9.86. The molecule has 8 heteroatoms. The summed E-state index contributed by atoms with van der Waals surface area (Å²) in [5.74, 6) is 0.287. The SMILES string of the molecule is CCC1=C(C)C2=NC1=CC1=C(C)C3=C(O)CC(=C4NC(=CC5=NC(=C2)C(CCN2CCCCC2)=C5C)[C@@H](C)[C@@H]4CCC(=O)OC)C3=N1. The van der Waals surface area contributed by atoms with Gasteiger partial charge < -0.3 is 20.1 Å². The van der Waals surface area contributed by atoms with Gasteiger partial charge in [0.05, 0.1) is 41.3 Å². The third kappa shape index (κ3) is 5.54. The first kappa shape index (κ1) is 31.6. The third-order valence-electron chi connectivity index (χ3n) is 11.2. The highest BCUT2D eigenvalue weighted by Gasteiger charge is 2.41. The second-order valence-corrected chi connectivity index (χ2v) is 13.9. The monoisotopic (exact) mass is 633 g/mol. The predicted octanol–water partition coefficient (Wildman–Crippen LogP) is 7.49. The predicted molar refractivity (Wildman–Crippen MR) is 188 cm³/mol. The van der Waals surface area contributed by atoms with Crippen molar-refractivity contribution in [3.63, 3.8) is 0 Å². The van der Waals surface area contributed by atoms with E-state index in [-0.39, 0.29) is 17.8 Å². The minimum atomic E-state index is -0.214. The van der Waals surface area contributed by atoms with E-state index >= 15 is 0 Å². The van der Waals surface area contributed by atoms with Crippen molar-refractivity contribution in [1.82, 2.24) is 10.2 Å². The van der Waals surface area contributed by atoms with Crippen LogP contribution in [0.1, 0.15) is 86.0 Å². The Kier molecular flexibility index (Phi) is 8.41. The highest BCUT2D eigenvalue weighted by Crippen LogP contribution is 2.46. The highest BCUT2D eigenvalue weighted by atomic mass is 16.5. The number of aliphatic hydroxyl groups is 1. The highest BCUT2D eigenvalue weighted by molar-refractivity contribution is 6.21. The summed E-state index contributed by atoms with van der Waals surface area (Å²) in [5, 5.41) is 15.1. The average molecular weight is 634 g/mol. The van der Waals surface area contributed by atoms with Crippen molar-refractivity contribution in [1.29, 1.82) is 0 Å². The van der Waals surface area contributed by atoms with Crippen molar-refractivity contribution in [2.75, 3.05) is 26.7 Å². The number of hydrogen-bond donors (Lipinski definition) is 2. The summed E-state index contributed by atoms with van der Waals surface area (Å²) < 4.78 is 5.03. The van der Waals surface area contributed by atoms with Gasteiger partial charge in [-0.25, -0.2) is 15.0 Å². The molecule has 0 saturated carbocycles. The van der Waals surface area contributed by atoms with Gasteiger partial charge in [0.2, 0.25) is 0 Å². The molecular formula is C39H47N5O3. The minimum Gasteiger partial charge on any atom is -0.511 e. The number of hydrogen-bond acceptors (Lipinski definition) is 8. The van der Waals surface area contributed by atoms with Crippen LogP contribution in [0.4, 0.5) is 0 Å². The Morgan fingerprint density at radius 1 is 0.979 bits per heavy atom. The molecule has 0 radical (unpaired) electrons. The average Bonchev–Trinajstić information content (AvgIpc) is 3.82. The van der Waals surface area contributed by atoms with Crippen LogP contribution in [-0.4, -0.2) is 59.9 Å². The van der Waals surface area contributed by atoms with Crippen LogP contribution in [-0.2, 0) is 9.53 Å². The Balaban J connectivity index is 1.39. The Morgan fingerprint density at radius 3 is 2.40 bits per heavy atom. The number of ether oxygens (including phenoxy) is 1. The molecule has 0 unspecified atom stereocenters. The lowest BCUT2D eigenvalue weighted by Gasteiger charge is -2.26. The Hall–Kier alpha value is -4.04. The molecule has 0 aromatic heterocycles. The molecule has 7 aliphatic rings. The van der Waals surface area contributed by atoms with Crippen molar-refractivity contribution >= 4 is 23.1 Å². The molecule has 1 aliphatic carbocycles. The first-order valence-corrected chi connectivity index (χ1v) is 17.4. The van der Waals surface area contributed by atoms with Gasteiger partial charge in [0.15, 0.2) is 0 Å². The van der Waals surface area contributed by atoms with E-state index in [9.17, 15) is 9.90 Å². The van der Waals surface area contributed by atoms with Crippen LogP contribution in [0.3, 0.4) is 0 Å². The first-order chi connectivity index (χ1) is 22.7. The summed E-state index contributed by atoms with van der Waals surface area (Å²) in [6.45, 7) is 14.2. The Labute approximate surface area is 278 Å². The zero-order valence-electron chi connectivity index (χ0n) is 28.7. The quantitative estimate of drug-likeness (QED) is 0.283. The number of likely N-dealkylation sites (tertiary alicyclic amines) is 1. The smallest absolute Gasteiger partial charge is 0.305 e. The number of aliphatic imine (C=N–C) groups is 3. The molecule has 0 aromatic carbocycles. The maximum Gasteiger partial charge on any atom is 0.305 e. The fourth-order valence-corrected chi connectivity index (χ4v) is 8.30. The number of nitrogens with one attached hydrogen (secondary N) is 1. The van der Waals surface area contributed by atoms with Gasteiger partial charge in [0.1, 0.15) is 5.76 Å². The number of allylic oxidation sites excluding steroid dienone is 12. The van der Waals surface area contributed by atoms with E-state index in [0.717, 1.165) is 81.7 Å². The van der Waals surface area contributed by atoms with Gasteiger partial charge >= 0.3 is 5.97 Å². The van der Waals surface area contributed by atoms with E-state index in [0.29, 0.717) is 25.0 Å². The second kappa shape index (κ2) is 12.5. The van der Waals surface area contributed by atoms with E-state index < -0.39 is 0 Å². The van der Waals surface area contributed by atoms with Crippen LogP contribution in [0.5, 0.6) is 0 Å². The lowest BCUT2D eigenvalue weighted by Crippen LogP contribution is -2.30. The molecule has 2 atom stereocenters. The largest absolute Gasteiger partial charge is 0.511 e. The number of aliphatic hydroxyl groups excluding tert-OH is 1. The summed E-state index contributed by atoms with van der Waals surface area (Å²) in [6.07, 6.45) is 13.6. The van der Waals surface area contributed by atoms with Crippen molar-refractivity contribution in [2.45, 2.75) is 86.0 Å². The normalized spacial score (nSPS) is 25.7. The molecule has 246 valence electrons. The van der Waals surface area contributed by atoms with Crippen molar-refractivity contribution < 1.29 is 14.6 Å². The van der Waals surface area contributed by atoms with Crippen molar-refractivity contribution in [3.8, 4) is 0 Å². The fourth-order valence-electron chi connectivity index (χ4n) is 8.30. The van der Waals surface area contributed by atoms with E-state index in [1.54, 1.807) is 0 Å². The van der Waals surface area contributed by atoms with E-state index in [4.69, 9.17) is 19.7 Å². The van der Waals surface area contributed by atoms with Gasteiger partial charge in [0.25, 0.3) is 0 Å². The van der Waals surface area contributed by atoms with E-state index in [1.807, 2.05) is 6.92 Å². The Bertz CT molecular complexity index is 1800. The maximum absolute atomic E-state index is 12.3. The van der Waals surface area contributed by atoms with Crippen LogP contribution in [0.25, 0.3) is 0 Å². The van der Waals surface area contributed by atoms with Crippen LogP contribution in [0.15, 0.2) is 106 Å². The number of rotatable bonds is 7. The topological polar surface area (TPSA) is 98.9 Å². The van der Waals surface area contributed by atoms with Gasteiger partial charge in [-0.05, 0) is 112 Å². The molecule has 0 aromatic rings. The van der Waals surface area contributed by atoms with Crippen LogP contribution >= 0.6 is 0 Å². The number of methoxy groups -OCH3 is 1. The minimum absolute atomic E-state index is 0.0438. The molecule has 2 N–H and O–H groups in total. The molecule has 0 amide bonds. The first-order valence-electron chi connectivity index (χ1n) is 17.4. The molecule has 2 fully saturated rings. The Morgan fingerprint density at radius 2 is 1.68 bits per heavy atom. The summed E-state index contributed by atoms with van der Waals surface area (Å²) in [7, 11) is 1.44. The zero-order valence-corrected chi connectivity index (χ0v) is 28.7. The maximum atomic E-state index is 12.3. The molecule has 8 bridgehead atoms. The molecule has 0 spiro atoms. The van der Waals surface area contributed by atoms with Crippen molar-refractivity contribution in [3.05, 3.63) is 91.5 Å². The number of carbonyl (C=O) groups excluding carboxylic acids is 1. The number of fused-ring (bicyclic) bond motifs is 5. The van der Waals surface area contributed by atoms with Crippen LogP contribution < -0.4 is 5.32 Å². The third-order valence-corrected chi connectivity index (χ3v) is 11.2. The fraction of sp³-hybridized carbons (Fsp3) is 0.487. The zero-order chi connectivity index (χ0) is 33.0. The summed E-state index contributed by atoms with van der Waals surface area (Å²) in [4.78, 5) is 30.5. The van der Waals surface area contributed by atoms with Crippen LogP contribution in [0, 0.1) is 11.8 Å². The van der Waals surface area contributed by atoms with Gasteiger partial charge in [0, 0.05) is 53.8 Å². The number of nitrogens with zero attached hydrogens (tertiary/aromatic N) is 4. The standard InChI is InChI=1S/C39H47N5O3/c1-7-25-21(2)30-19-34-26(13-16-44-14-9-8-10-15-44)22(3)29(41-34)18-31-23(4)27(11-12-36(46)47-6)38(42-31)28-17-35(45)37-24(5)32(43-39(28)37)20-33(25)40-30/h18-20,23,27,42,45H,7-17H2,1-6H3/t23-,27-/m0/s1. The van der Waals surface area contributed by atoms with E-state index in [2.05, 4.69) is 56.1 Å². The molecule has 47 heavy (non-hydrogen) atoms. The van der Waals surface area contributed by atoms with Gasteiger partial charge in [-0.3, -0.25) is 4.79 Å². The molecule has 6 aliphatic heterocycles. The van der Waals surface area contributed by atoms with Crippen LogP contribution in [0.2, 0.25) is 0 Å². The number of carbonyl (C=O) groups is 1.